The van der Waals surface area contributed by atoms with Crippen molar-refractivity contribution in [3.05, 3.63) is 74.4 Å². The highest BCUT2D eigenvalue weighted by atomic mass is 79.9. The first-order valence-electron chi connectivity index (χ1n) is 6.23. The highest BCUT2D eigenvalue weighted by Gasteiger charge is 2.42. The van der Waals surface area contributed by atoms with E-state index < -0.39 is 0 Å². The predicted molar refractivity (Wildman–Crippen MR) is 85.3 cm³/mol. The Morgan fingerprint density at radius 2 is 1.47 bits per heavy atom. The first-order chi connectivity index (χ1) is 9.21. The van der Waals surface area contributed by atoms with E-state index in [0.717, 1.165) is 15.4 Å². The van der Waals surface area contributed by atoms with Crippen molar-refractivity contribution >= 4 is 31.9 Å². The summed E-state index contributed by atoms with van der Waals surface area (Å²) in [6.45, 7) is 0. The molecule has 0 bridgehead atoms. The molecule has 0 nitrogen and oxygen atoms in total. The Bertz CT molecular complexity index is 713. The summed E-state index contributed by atoms with van der Waals surface area (Å²) in [6.07, 6.45) is 5.36. The van der Waals surface area contributed by atoms with Gasteiger partial charge in [-0.3, -0.25) is 0 Å². The topological polar surface area (TPSA) is 0 Å². The van der Waals surface area contributed by atoms with E-state index in [-0.39, 0.29) is 5.41 Å². The molecular weight excluding hydrogens is 364 g/mol. The van der Waals surface area contributed by atoms with Crippen LogP contribution in [0.25, 0.3) is 11.1 Å². The molecule has 19 heavy (non-hydrogen) atoms. The van der Waals surface area contributed by atoms with Crippen LogP contribution in [0.2, 0.25) is 0 Å². The van der Waals surface area contributed by atoms with Crippen molar-refractivity contribution in [3.8, 4) is 11.1 Å². The van der Waals surface area contributed by atoms with Crippen molar-refractivity contribution in [1.29, 1.82) is 0 Å². The minimum Gasteiger partial charge on any atom is -0.128 e. The third kappa shape index (κ3) is 1.51. The van der Waals surface area contributed by atoms with E-state index in [2.05, 4.69) is 86.1 Å². The summed E-state index contributed by atoms with van der Waals surface area (Å²) in [5, 5.41) is 0. The Morgan fingerprint density at radius 3 is 1.95 bits per heavy atom. The van der Waals surface area contributed by atoms with Gasteiger partial charge in [0, 0.05) is 8.95 Å². The lowest BCUT2D eigenvalue weighted by Gasteiger charge is -2.24. The van der Waals surface area contributed by atoms with Crippen LogP contribution in [0.4, 0.5) is 0 Å². The molecule has 0 atom stereocenters. The van der Waals surface area contributed by atoms with Gasteiger partial charge in [0.2, 0.25) is 0 Å². The van der Waals surface area contributed by atoms with Gasteiger partial charge < -0.3 is 0 Å². The van der Waals surface area contributed by atoms with Gasteiger partial charge in [-0.1, -0.05) is 44.0 Å². The van der Waals surface area contributed by atoms with Crippen molar-refractivity contribution < 1.29 is 0 Å². The van der Waals surface area contributed by atoms with Gasteiger partial charge in [0.05, 0.1) is 5.41 Å². The van der Waals surface area contributed by atoms with Gasteiger partial charge >= 0.3 is 0 Å². The van der Waals surface area contributed by atoms with Crippen molar-refractivity contribution in [1.82, 2.24) is 0 Å². The molecule has 2 aromatic rings. The van der Waals surface area contributed by atoms with Crippen LogP contribution in [-0.4, -0.2) is 0 Å². The smallest absolute Gasteiger partial charge is 0.0509 e. The predicted octanol–water partition coefficient (Wildman–Crippen LogP) is 5.59. The van der Waals surface area contributed by atoms with Crippen LogP contribution >= 0.6 is 31.9 Å². The summed E-state index contributed by atoms with van der Waals surface area (Å²) in [5.41, 5.74) is 8.74. The summed E-state index contributed by atoms with van der Waals surface area (Å²) >= 11 is 7.20. The Labute approximate surface area is 129 Å². The lowest BCUT2D eigenvalue weighted by Crippen LogP contribution is -2.19. The quantitative estimate of drug-likeness (QED) is 0.528. The molecule has 0 heterocycles. The summed E-state index contributed by atoms with van der Waals surface area (Å²) in [7, 11) is 0. The number of hydrogen-bond donors (Lipinski definition) is 0. The number of allylic oxidation sites excluding steroid dienone is 1. The van der Waals surface area contributed by atoms with Crippen molar-refractivity contribution in [2.75, 3.05) is 0 Å². The maximum absolute atomic E-state index is 3.60. The lowest BCUT2D eigenvalue weighted by atomic mass is 9.78. The van der Waals surface area contributed by atoms with E-state index in [4.69, 9.17) is 0 Å². The molecule has 92 valence electrons. The number of rotatable bonds is 0. The molecule has 0 saturated carbocycles. The third-order valence-corrected chi connectivity index (χ3v) is 5.07. The average molecular weight is 374 g/mol. The van der Waals surface area contributed by atoms with Crippen LogP contribution < -0.4 is 0 Å². The third-order valence-electron chi connectivity index (χ3n) is 4.09. The first kappa shape index (κ1) is 11.7. The largest absolute Gasteiger partial charge is 0.128 e. The summed E-state index contributed by atoms with van der Waals surface area (Å²) in [6, 6.07) is 13.2. The Kier molecular flexibility index (Phi) is 2.44. The van der Waals surface area contributed by atoms with Crippen LogP contribution in [0, 0.1) is 0 Å². The normalized spacial score (nSPS) is 16.9. The summed E-state index contributed by atoms with van der Waals surface area (Å²) in [5.74, 6) is 0. The molecule has 0 saturated heterocycles. The SMILES string of the molecule is Brc1ccc2c(c1)C1(C=C=CC1)c1cc(Br)ccc1-2. The van der Waals surface area contributed by atoms with E-state index in [1.165, 1.54) is 22.3 Å². The van der Waals surface area contributed by atoms with Crippen molar-refractivity contribution in [3.63, 3.8) is 0 Å². The first-order valence-corrected chi connectivity index (χ1v) is 7.82. The molecule has 2 aliphatic rings. The average Bonchev–Trinajstić information content (AvgIpc) is 2.97. The van der Waals surface area contributed by atoms with Gasteiger partial charge in [-0.15, -0.1) is 5.73 Å². The highest BCUT2D eigenvalue weighted by Crippen LogP contribution is 2.54. The van der Waals surface area contributed by atoms with Gasteiger partial charge in [0.25, 0.3) is 0 Å². The second-order valence-corrected chi connectivity index (χ2v) is 6.90. The van der Waals surface area contributed by atoms with E-state index in [9.17, 15) is 0 Å². The van der Waals surface area contributed by atoms with Crippen LogP contribution in [-0.2, 0) is 5.41 Å². The molecule has 1 spiro atoms. The van der Waals surface area contributed by atoms with Crippen LogP contribution in [0.15, 0.2) is 63.2 Å². The summed E-state index contributed by atoms with van der Waals surface area (Å²) < 4.78 is 2.27. The Morgan fingerprint density at radius 1 is 0.895 bits per heavy atom. The highest BCUT2D eigenvalue weighted by molar-refractivity contribution is 9.10. The van der Waals surface area contributed by atoms with Gasteiger partial charge in [-0.05, 0) is 65.1 Å². The minimum absolute atomic E-state index is 0.0156. The van der Waals surface area contributed by atoms with E-state index in [1.807, 2.05) is 0 Å². The molecule has 0 N–H and O–H groups in total. The zero-order chi connectivity index (χ0) is 13.0. The number of fused-ring (bicyclic) bond motifs is 5. The van der Waals surface area contributed by atoms with Crippen LogP contribution in [0.5, 0.6) is 0 Å². The molecule has 2 aliphatic carbocycles. The fraction of sp³-hybridized carbons (Fsp3) is 0.118. The van der Waals surface area contributed by atoms with Gasteiger partial charge in [-0.25, -0.2) is 0 Å². The second kappa shape index (κ2) is 3.96. The minimum atomic E-state index is -0.0156. The van der Waals surface area contributed by atoms with Crippen LogP contribution in [0.1, 0.15) is 17.5 Å². The molecule has 0 aromatic heterocycles. The van der Waals surface area contributed by atoms with Crippen molar-refractivity contribution in [2.45, 2.75) is 11.8 Å². The molecule has 4 rings (SSSR count). The zero-order valence-electron chi connectivity index (χ0n) is 10.1. The summed E-state index contributed by atoms with van der Waals surface area (Å²) in [4.78, 5) is 0. The van der Waals surface area contributed by atoms with Gasteiger partial charge in [0.1, 0.15) is 0 Å². The number of hydrogen-bond acceptors (Lipinski definition) is 0. The monoisotopic (exact) mass is 372 g/mol. The Hall–Kier alpha value is -1.08. The number of halogens is 2. The van der Waals surface area contributed by atoms with E-state index in [0.29, 0.717) is 0 Å². The maximum Gasteiger partial charge on any atom is 0.0509 e. The standard InChI is InChI=1S/C17H10Br2/c18-11-3-5-13-14-6-4-12(19)10-16(14)17(15(13)9-11)7-1-2-8-17/h1,3-6,8-10H,7H2. The van der Waals surface area contributed by atoms with Gasteiger partial charge in [0.15, 0.2) is 0 Å². The van der Waals surface area contributed by atoms with Gasteiger partial charge in [-0.2, -0.15) is 0 Å². The van der Waals surface area contributed by atoms with E-state index >= 15 is 0 Å². The molecule has 0 unspecified atom stereocenters. The van der Waals surface area contributed by atoms with Crippen molar-refractivity contribution in [2.24, 2.45) is 0 Å². The molecular formula is C17H10Br2. The lowest BCUT2D eigenvalue weighted by molar-refractivity contribution is 0.689. The van der Waals surface area contributed by atoms with E-state index in [1.54, 1.807) is 0 Å². The zero-order valence-corrected chi connectivity index (χ0v) is 13.3. The maximum atomic E-state index is 3.60. The molecule has 2 heteroatoms. The van der Waals surface area contributed by atoms with Crippen LogP contribution in [0.3, 0.4) is 0 Å². The molecule has 2 aromatic carbocycles. The number of benzene rings is 2. The Balaban J connectivity index is 2.11. The molecule has 0 fully saturated rings. The molecule has 0 amide bonds. The fourth-order valence-electron chi connectivity index (χ4n) is 3.24. The molecule has 0 radical (unpaired) electrons. The second-order valence-electron chi connectivity index (χ2n) is 5.07. The molecule has 0 aliphatic heterocycles. The fourth-order valence-corrected chi connectivity index (χ4v) is 3.96.